The van der Waals surface area contributed by atoms with Crippen LogP contribution in [0.25, 0.3) is 6.08 Å². The number of carboxylic acid groups (broad SMARTS) is 1. The predicted octanol–water partition coefficient (Wildman–Crippen LogP) is 2.53. The van der Waals surface area contributed by atoms with Gasteiger partial charge in [0, 0.05) is 9.65 Å². The molecule has 68 valence electrons. The Morgan fingerprint density at radius 1 is 1.54 bits per heavy atom. The summed E-state index contributed by atoms with van der Waals surface area (Å²) in [4.78, 5) is 10.2. The molecule has 2 nitrogen and oxygen atoms in total. The van der Waals surface area contributed by atoms with Gasteiger partial charge in [-0.25, -0.2) is 9.18 Å². The minimum atomic E-state index is -1.04. The Hall–Kier alpha value is -0.910. The summed E-state index contributed by atoms with van der Waals surface area (Å²) in [5, 5.41) is 8.35. The first kappa shape index (κ1) is 10.2. The van der Waals surface area contributed by atoms with E-state index in [-0.39, 0.29) is 5.82 Å². The quantitative estimate of drug-likeness (QED) is 0.672. The number of benzene rings is 1. The molecule has 4 heteroatoms. The molecule has 1 aromatic rings. The van der Waals surface area contributed by atoms with Crippen molar-refractivity contribution in [2.75, 3.05) is 0 Å². The molecule has 0 aliphatic heterocycles. The van der Waals surface area contributed by atoms with Crippen LogP contribution in [0.1, 0.15) is 5.56 Å². The van der Waals surface area contributed by atoms with E-state index in [1.165, 1.54) is 18.2 Å². The Kier molecular flexibility index (Phi) is 3.41. The second kappa shape index (κ2) is 4.36. The SMILES string of the molecule is O=C(O)/C=C/c1cc(F)ccc1I. The third kappa shape index (κ3) is 3.14. The first-order valence-electron chi connectivity index (χ1n) is 3.45. The molecule has 0 amide bonds. The molecule has 0 aliphatic rings. The molecule has 0 aliphatic carbocycles. The minimum Gasteiger partial charge on any atom is -0.478 e. The zero-order valence-electron chi connectivity index (χ0n) is 6.50. The standard InChI is InChI=1S/C9H6FIO2/c10-7-2-3-8(11)6(5-7)1-4-9(12)13/h1-5H,(H,12,13)/b4-1+. The lowest BCUT2D eigenvalue weighted by atomic mass is 10.2. The van der Waals surface area contributed by atoms with Crippen molar-refractivity contribution in [1.29, 1.82) is 0 Å². The summed E-state index contributed by atoms with van der Waals surface area (Å²) in [6.07, 6.45) is 2.35. The van der Waals surface area contributed by atoms with Gasteiger partial charge in [0.1, 0.15) is 5.82 Å². The lowest BCUT2D eigenvalue weighted by Gasteiger charge is -1.97. The Morgan fingerprint density at radius 2 is 2.23 bits per heavy atom. The average molecular weight is 292 g/mol. The molecule has 0 saturated heterocycles. The summed E-state index contributed by atoms with van der Waals surface area (Å²) in [5.41, 5.74) is 0.572. The van der Waals surface area contributed by atoms with Crippen LogP contribution in [0, 0.1) is 9.39 Å². The number of hydrogen-bond acceptors (Lipinski definition) is 1. The fraction of sp³-hybridized carbons (Fsp3) is 0. The number of carboxylic acids is 1. The van der Waals surface area contributed by atoms with Crippen molar-refractivity contribution in [2.45, 2.75) is 0 Å². The van der Waals surface area contributed by atoms with Gasteiger partial charge in [0.2, 0.25) is 0 Å². The highest BCUT2D eigenvalue weighted by molar-refractivity contribution is 14.1. The summed E-state index contributed by atoms with van der Waals surface area (Å²) < 4.78 is 13.5. The predicted molar refractivity (Wildman–Crippen MR) is 55.8 cm³/mol. The van der Waals surface area contributed by atoms with E-state index in [4.69, 9.17) is 5.11 Å². The smallest absolute Gasteiger partial charge is 0.328 e. The van der Waals surface area contributed by atoms with Gasteiger partial charge in [0.05, 0.1) is 0 Å². The van der Waals surface area contributed by atoms with Gasteiger partial charge < -0.3 is 5.11 Å². The van der Waals surface area contributed by atoms with E-state index in [9.17, 15) is 9.18 Å². The van der Waals surface area contributed by atoms with Gasteiger partial charge in [-0.05, 0) is 52.4 Å². The first-order valence-corrected chi connectivity index (χ1v) is 4.53. The zero-order valence-corrected chi connectivity index (χ0v) is 8.66. The first-order chi connectivity index (χ1) is 6.09. The van der Waals surface area contributed by atoms with E-state index in [1.54, 1.807) is 6.07 Å². The highest BCUT2D eigenvalue weighted by atomic mass is 127. The van der Waals surface area contributed by atoms with Crippen LogP contribution in [-0.4, -0.2) is 11.1 Å². The maximum absolute atomic E-state index is 12.7. The number of carbonyl (C=O) groups is 1. The average Bonchev–Trinajstić information content (AvgIpc) is 2.06. The van der Waals surface area contributed by atoms with Gasteiger partial charge in [0.25, 0.3) is 0 Å². The van der Waals surface area contributed by atoms with Crippen molar-refractivity contribution in [3.8, 4) is 0 Å². The maximum Gasteiger partial charge on any atom is 0.328 e. The van der Waals surface area contributed by atoms with Crippen LogP contribution in [0.4, 0.5) is 4.39 Å². The topological polar surface area (TPSA) is 37.3 Å². The highest BCUT2D eigenvalue weighted by Gasteiger charge is 1.98. The molecule has 0 heterocycles. The summed E-state index contributed by atoms with van der Waals surface area (Å²) in [5.74, 6) is -1.41. The Morgan fingerprint density at radius 3 is 2.85 bits per heavy atom. The Bertz CT molecular complexity index is 361. The van der Waals surface area contributed by atoms with Crippen molar-refractivity contribution in [3.63, 3.8) is 0 Å². The van der Waals surface area contributed by atoms with E-state index in [0.29, 0.717) is 5.56 Å². The molecule has 0 atom stereocenters. The van der Waals surface area contributed by atoms with Gasteiger partial charge in [-0.1, -0.05) is 0 Å². The molecule has 1 N–H and O–H groups in total. The molecule has 0 saturated carbocycles. The molecule has 0 unspecified atom stereocenters. The van der Waals surface area contributed by atoms with E-state index >= 15 is 0 Å². The second-order valence-electron chi connectivity index (χ2n) is 2.34. The molecule has 1 aromatic carbocycles. The van der Waals surface area contributed by atoms with Gasteiger partial charge in [-0.15, -0.1) is 0 Å². The lowest BCUT2D eigenvalue weighted by molar-refractivity contribution is -0.131. The van der Waals surface area contributed by atoms with Crippen LogP contribution in [0.2, 0.25) is 0 Å². The van der Waals surface area contributed by atoms with E-state index < -0.39 is 5.97 Å². The maximum atomic E-state index is 12.7. The van der Waals surface area contributed by atoms with Gasteiger partial charge >= 0.3 is 5.97 Å². The third-order valence-corrected chi connectivity index (χ3v) is 2.35. The van der Waals surface area contributed by atoms with Crippen molar-refractivity contribution < 1.29 is 14.3 Å². The molecule has 0 aromatic heterocycles. The molecule has 0 radical (unpaired) electrons. The highest BCUT2D eigenvalue weighted by Crippen LogP contribution is 2.15. The van der Waals surface area contributed by atoms with E-state index in [0.717, 1.165) is 9.65 Å². The van der Waals surface area contributed by atoms with Crippen LogP contribution in [0.15, 0.2) is 24.3 Å². The second-order valence-corrected chi connectivity index (χ2v) is 3.50. The summed E-state index contributed by atoms with van der Waals surface area (Å²) in [7, 11) is 0. The van der Waals surface area contributed by atoms with Crippen molar-refractivity contribution in [2.24, 2.45) is 0 Å². The summed E-state index contributed by atoms with van der Waals surface area (Å²) >= 11 is 2.01. The van der Waals surface area contributed by atoms with E-state index in [1.807, 2.05) is 22.6 Å². The minimum absolute atomic E-state index is 0.370. The number of aliphatic carboxylic acids is 1. The number of halogens is 2. The zero-order chi connectivity index (χ0) is 9.84. The number of hydrogen-bond donors (Lipinski definition) is 1. The van der Waals surface area contributed by atoms with Crippen molar-refractivity contribution in [1.82, 2.24) is 0 Å². The molecular weight excluding hydrogens is 286 g/mol. The van der Waals surface area contributed by atoms with Crippen LogP contribution in [0.5, 0.6) is 0 Å². The molecule has 0 spiro atoms. The summed E-state index contributed by atoms with van der Waals surface area (Å²) in [6.45, 7) is 0. The van der Waals surface area contributed by atoms with Crippen LogP contribution < -0.4 is 0 Å². The molecule has 13 heavy (non-hydrogen) atoms. The van der Waals surface area contributed by atoms with Crippen molar-refractivity contribution in [3.05, 3.63) is 39.2 Å². The number of rotatable bonds is 2. The fourth-order valence-corrected chi connectivity index (χ4v) is 1.32. The van der Waals surface area contributed by atoms with Gasteiger partial charge in [-0.2, -0.15) is 0 Å². The Balaban J connectivity index is 3.00. The van der Waals surface area contributed by atoms with Crippen LogP contribution >= 0.6 is 22.6 Å². The van der Waals surface area contributed by atoms with Crippen molar-refractivity contribution >= 4 is 34.6 Å². The normalized spacial score (nSPS) is 10.6. The van der Waals surface area contributed by atoms with Crippen LogP contribution in [-0.2, 0) is 4.79 Å². The largest absolute Gasteiger partial charge is 0.478 e. The fourth-order valence-electron chi connectivity index (χ4n) is 0.803. The third-order valence-electron chi connectivity index (χ3n) is 1.36. The lowest BCUT2D eigenvalue weighted by Crippen LogP contribution is -1.87. The Labute approximate surface area is 88.2 Å². The monoisotopic (exact) mass is 292 g/mol. The van der Waals surface area contributed by atoms with Gasteiger partial charge in [0.15, 0.2) is 0 Å². The van der Waals surface area contributed by atoms with Gasteiger partial charge in [-0.3, -0.25) is 0 Å². The molecular formula is C9H6FIO2. The molecule has 1 rings (SSSR count). The molecule has 0 fully saturated rings. The van der Waals surface area contributed by atoms with E-state index in [2.05, 4.69) is 0 Å². The summed E-state index contributed by atoms with van der Waals surface area (Å²) in [6, 6.07) is 4.22. The van der Waals surface area contributed by atoms with Crippen LogP contribution in [0.3, 0.4) is 0 Å². The molecule has 0 bridgehead atoms.